The van der Waals surface area contributed by atoms with Gasteiger partial charge in [0.05, 0.1) is 16.0 Å². The summed E-state index contributed by atoms with van der Waals surface area (Å²) in [7, 11) is -3.48. The average Bonchev–Trinajstić information content (AvgIpc) is 2.29. The number of anilines is 1. The molecule has 0 radical (unpaired) electrons. The van der Waals surface area contributed by atoms with E-state index >= 15 is 0 Å². The van der Waals surface area contributed by atoms with Crippen LogP contribution in [-0.4, -0.2) is 26.3 Å². The minimum atomic E-state index is -3.48. The zero-order valence-electron chi connectivity index (χ0n) is 11.1. The molecule has 0 saturated heterocycles. The van der Waals surface area contributed by atoms with Gasteiger partial charge in [0.25, 0.3) is 0 Å². The highest BCUT2D eigenvalue weighted by Crippen LogP contribution is 2.26. The van der Waals surface area contributed by atoms with Gasteiger partial charge in [0.1, 0.15) is 0 Å². The van der Waals surface area contributed by atoms with Crippen molar-refractivity contribution in [3.8, 4) is 0 Å². The number of rotatable bonds is 6. The number of hydrogen-bond donors (Lipinski definition) is 2. The van der Waals surface area contributed by atoms with Gasteiger partial charge < -0.3 is 5.32 Å². The Labute approximate surface area is 124 Å². The summed E-state index contributed by atoms with van der Waals surface area (Å²) >= 11 is 11.7. The van der Waals surface area contributed by atoms with Crippen LogP contribution in [0.1, 0.15) is 20.8 Å². The molecule has 4 nitrogen and oxygen atoms in total. The second kappa shape index (κ2) is 6.79. The van der Waals surface area contributed by atoms with E-state index in [0.717, 1.165) is 0 Å². The summed E-state index contributed by atoms with van der Waals surface area (Å²) in [5.41, 5.74) is 0.336. The minimum Gasteiger partial charge on any atom is -0.313 e. The molecule has 0 aliphatic rings. The maximum Gasteiger partial charge on any atom is 0.236 e. The van der Waals surface area contributed by atoms with E-state index in [1.54, 1.807) is 19.1 Å². The van der Waals surface area contributed by atoms with Crippen LogP contribution in [0.25, 0.3) is 0 Å². The van der Waals surface area contributed by atoms with Crippen LogP contribution in [-0.2, 0) is 10.0 Å². The molecule has 1 aromatic carbocycles. The van der Waals surface area contributed by atoms with E-state index in [1.165, 1.54) is 6.07 Å². The standard InChI is InChI=1S/C12H18Cl2N2O2S/c1-8(2)15-7-9(3)19(17,18)16-12-5-4-10(13)6-11(12)14/h4-6,8-9,15-16H,7H2,1-3H3. The normalized spacial score (nSPS) is 13.6. The van der Waals surface area contributed by atoms with Crippen LogP contribution in [0.2, 0.25) is 10.0 Å². The van der Waals surface area contributed by atoms with Crippen LogP contribution in [0.4, 0.5) is 5.69 Å². The van der Waals surface area contributed by atoms with Gasteiger partial charge in [-0.05, 0) is 25.1 Å². The van der Waals surface area contributed by atoms with Crippen molar-refractivity contribution in [3.05, 3.63) is 28.2 Å². The molecule has 0 spiro atoms. The Morgan fingerprint density at radius 1 is 1.21 bits per heavy atom. The summed E-state index contributed by atoms with van der Waals surface area (Å²) in [6, 6.07) is 4.86. The maximum atomic E-state index is 12.1. The Kier molecular flexibility index (Phi) is 5.92. The highest BCUT2D eigenvalue weighted by atomic mass is 35.5. The summed E-state index contributed by atoms with van der Waals surface area (Å²) in [6.07, 6.45) is 0. The van der Waals surface area contributed by atoms with Crippen LogP contribution in [0.5, 0.6) is 0 Å². The van der Waals surface area contributed by atoms with Gasteiger partial charge >= 0.3 is 0 Å². The van der Waals surface area contributed by atoms with E-state index in [0.29, 0.717) is 17.3 Å². The largest absolute Gasteiger partial charge is 0.313 e. The molecule has 1 unspecified atom stereocenters. The quantitative estimate of drug-likeness (QED) is 0.845. The molecule has 2 N–H and O–H groups in total. The number of hydrogen-bond acceptors (Lipinski definition) is 3. The molecule has 1 atom stereocenters. The van der Waals surface area contributed by atoms with Gasteiger partial charge in [-0.1, -0.05) is 37.0 Å². The summed E-state index contributed by atoms with van der Waals surface area (Å²) in [4.78, 5) is 0. The molecule has 1 aromatic rings. The third kappa shape index (κ3) is 5.18. The van der Waals surface area contributed by atoms with Gasteiger partial charge in [0.15, 0.2) is 0 Å². The van der Waals surface area contributed by atoms with Crippen LogP contribution in [0, 0.1) is 0 Å². The number of nitrogens with one attached hydrogen (secondary N) is 2. The molecule has 0 aliphatic carbocycles. The van der Waals surface area contributed by atoms with E-state index < -0.39 is 15.3 Å². The van der Waals surface area contributed by atoms with Crippen LogP contribution in [0.3, 0.4) is 0 Å². The Balaban J connectivity index is 2.78. The van der Waals surface area contributed by atoms with Crippen molar-refractivity contribution in [1.82, 2.24) is 5.32 Å². The number of halogens is 2. The molecule has 108 valence electrons. The molecule has 0 aromatic heterocycles. The lowest BCUT2D eigenvalue weighted by molar-refractivity contribution is 0.553. The van der Waals surface area contributed by atoms with Gasteiger partial charge in [0, 0.05) is 17.6 Å². The monoisotopic (exact) mass is 324 g/mol. The topological polar surface area (TPSA) is 58.2 Å². The fourth-order valence-corrected chi connectivity index (χ4v) is 2.85. The van der Waals surface area contributed by atoms with Crippen molar-refractivity contribution in [3.63, 3.8) is 0 Å². The third-order valence-corrected chi connectivity index (χ3v) is 4.80. The van der Waals surface area contributed by atoms with Crippen LogP contribution in [0.15, 0.2) is 18.2 Å². The molecule has 0 saturated carbocycles. The van der Waals surface area contributed by atoms with Gasteiger partial charge in [0.2, 0.25) is 10.0 Å². The molecule has 19 heavy (non-hydrogen) atoms. The highest BCUT2D eigenvalue weighted by molar-refractivity contribution is 7.93. The van der Waals surface area contributed by atoms with Gasteiger partial charge in [-0.15, -0.1) is 0 Å². The Hall–Kier alpha value is -0.490. The molecule has 0 bridgehead atoms. The predicted octanol–water partition coefficient (Wildman–Crippen LogP) is 3.12. The molecule has 0 fully saturated rings. The lowest BCUT2D eigenvalue weighted by atomic mass is 10.3. The molecule has 0 heterocycles. The zero-order chi connectivity index (χ0) is 14.6. The summed E-state index contributed by atoms with van der Waals surface area (Å²) in [5.74, 6) is 0. The van der Waals surface area contributed by atoms with E-state index in [4.69, 9.17) is 23.2 Å². The van der Waals surface area contributed by atoms with E-state index in [2.05, 4.69) is 10.0 Å². The fourth-order valence-electron chi connectivity index (χ4n) is 1.34. The summed E-state index contributed by atoms with van der Waals surface area (Å²) < 4.78 is 26.7. The molecule has 0 aliphatic heterocycles. The average molecular weight is 325 g/mol. The molecule has 7 heteroatoms. The van der Waals surface area contributed by atoms with Gasteiger partial charge in [-0.3, -0.25) is 4.72 Å². The summed E-state index contributed by atoms with van der Waals surface area (Å²) in [6.45, 7) is 5.94. The van der Waals surface area contributed by atoms with E-state index in [9.17, 15) is 8.42 Å². The van der Waals surface area contributed by atoms with E-state index in [1.807, 2.05) is 13.8 Å². The number of benzene rings is 1. The van der Waals surface area contributed by atoms with Crippen LogP contribution < -0.4 is 10.0 Å². The lowest BCUT2D eigenvalue weighted by Crippen LogP contribution is -2.37. The van der Waals surface area contributed by atoms with Gasteiger partial charge in [-0.25, -0.2) is 8.42 Å². The first-order valence-electron chi connectivity index (χ1n) is 5.92. The second-order valence-electron chi connectivity index (χ2n) is 4.64. The fraction of sp³-hybridized carbons (Fsp3) is 0.500. The Bertz CT molecular complexity index is 533. The summed E-state index contributed by atoms with van der Waals surface area (Å²) in [5, 5.41) is 3.26. The first kappa shape index (κ1) is 16.6. The van der Waals surface area contributed by atoms with Crippen molar-refractivity contribution in [2.75, 3.05) is 11.3 Å². The number of sulfonamides is 1. The van der Waals surface area contributed by atoms with Crippen molar-refractivity contribution >= 4 is 38.9 Å². The minimum absolute atomic E-state index is 0.233. The maximum absolute atomic E-state index is 12.1. The van der Waals surface area contributed by atoms with Crippen molar-refractivity contribution in [2.24, 2.45) is 0 Å². The Morgan fingerprint density at radius 3 is 2.37 bits per heavy atom. The molecule has 1 rings (SSSR count). The zero-order valence-corrected chi connectivity index (χ0v) is 13.4. The van der Waals surface area contributed by atoms with Crippen LogP contribution >= 0.6 is 23.2 Å². The smallest absolute Gasteiger partial charge is 0.236 e. The Morgan fingerprint density at radius 2 is 1.84 bits per heavy atom. The molecular formula is C12H18Cl2N2O2S. The second-order valence-corrected chi connectivity index (χ2v) is 7.59. The predicted molar refractivity (Wildman–Crippen MR) is 81.6 cm³/mol. The van der Waals surface area contributed by atoms with Crippen molar-refractivity contribution < 1.29 is 8.42 Å². The van der Waals surface area contributed by atoms with E-state index in [-0.39, 0.29) is 11.1 Å². The van der Waals surface area contributed by atoms with Crippen molar-refractivity contribution in [2.45, 2.75) is 32.1 Å². The molecular weight excluding hydrogens is 307 g/mol. The lowest BCUT2D eigenvalue weighted by Gasteiger charge is -2.17. The SMILES string of the molecule is CC(C)NCC(C)S(=O)(=O)Nc1ccc(Cl)cc1Cl. The van der Waals surface area contributed by atoms with Crippen molar-refractivity contribution in [1.29, 1.82) is 0 Å². The molecule has 0 amide bonds. The highest BCUT2D eigenvalue weighted by Gasteiger charge is 2.21. The first-order valence-corrected chi connectivity index (χ1v) is 8.22. The third-order valence-electron chi connectivity index (χ3n) is 2.53. The first-order chi connectivity index (χ1) is 8.72. The van der Waals surface area contributed by atoms with Gasteiger partial charge in [-0.2, -0.15) is 0 Å².